The monoisotopic (exact) mass is 585 g/mol. The Bertz CT molecular complexity index is 442. The van der Waals surface area contributed by atoms with Gasteiger partial charge in [0.05, 0.1) is 0 Å². The summed E-state index contributed by atoms with van der Waals surface area (Å²) in [6, 6.07) is 0.974. The average molecular weight is 585 g/mol. The smallest absolute Gasteiger partial charge is 0.374 e. The molecular formula is C36H76O3Si. The van der Waals surface area contributed by atoms with E-state index >= 15 is 0 Å². The Balaban J connectivity index is 3.26. The van der Waals surface area contributed by atoms with Gasteiger partial charge in [-0.25, -0.2) is 0 Å². The van der Waals surface area contributed by atoms with Crippen LogP contribution >= 0.6 is 0 Å². The lowest BCUT2D eigenvalue weighted by molar-refractivity contribution is 0.0706. The maximum absolute atomic E-state index is 5.97. The summed E-state index contributed by atoms with van der Waals surface area (Å²) < 4.78 is 17.9. The third-order valence-electron chi connectivity index (χ3n) is 8.43. The summed E-state index contributed by atoms with van der Waals surface area (Å²) in [5.41, 5.74) is 0. The molecule has 0 heterocycles. The third kappa shape index (κ3) is 28.2. The topological polar surface area (TPSA) is 27.7 Å². The zero-order chi connectivity index (χ0) is 29.2. The van der Waals surface area contributed by atoms with E-state index in [-0.39, 0.29) is 0 Å². The normalized spacial score (nSPS) is 12.0. The van der Waals surface area contributed by atoms with Crippen molar-refractivity contribution in [2.75, 3.05) is 19.8 Å². The minimum atomic E-state index is -2.42. The van der Waals surface area contributed by atoms with Crippen molar-refractivity contribution < 1.29 is 13.3 Å². The van der Waals surface area contributed by atoms with Crippen LogP contribution in [0.3, 0.4) is 0 Å². The summed E-state index contributed by atoms with van der Waals surface area (Å²) in [5, 5.41) is 0. The number of hydrogen-bond donors (Lipinski definition) is 0. The first-order valence-corrected chi connectivity index (χ1v) is 20.6. The van der Waals surface area contributed by atoms with Crippen molar-refractivity contribution in [1.82, 2.24) is 0 Å². The Morgan fingerprint density at radius 2 is 0.475 bits per heavy atom. The number of unbranched alkanes of at least 4 members (excludes halogenated alkanes) is 27. The van der Waals surface area contributed by atoms with Gasteiger partial charge >= 0.3 is 8.80 Å². The van der Waals surface area contributed by atoms with E-state index in [9.17, 15) is 0 Å². The number of rotatable bonds is 35. The fraction of sp³-hybridized carbons (Fsp3) is 1.00. The zero-order valence-corrected chi connectivity index (χ0v) is 29.4. The first-order valence-electron chi connectivity index (χ1n) is 18.7. The second kappa shape index (κ2) is 33.6. The lowest BCUT2D eigenvalue weighted by Crippen LogP contribution is -2.45. The molecule has 0 spiro atoms. The molecule has 0 aromatic heterocycles. The second-order valence-electron chi connectivity index (χ2n) is 12.3. The summed E-state index contributed by atoms with van der Waals surface area (Å²) in [4.78, 5) is 0. The maximum Gasteiger partial charge on any atom is 0.500 e. The van der Waals surface area contributed by atoms with Crippen LogP contribution in [-0.2, 0) is 13.3 Å². The summed E-state index contributed by atoms with van der Waals surface area (Å²) >= 11 is 0. The van der Waals surface area contributed by atoms with E-state index in [1.807, 2.05) is 20.8 Å². The Hall–Kier alpha value is 0.0969. The molecule has 0 saturated heterocycles. The van der Waals surface area contributed by atoms with Gasteiger partial charge in [-0.1, -0.05) is 180 Å². The molecule has 0 N–H and O–H groups in total. The second-order valence-corrected chi connectivity index (χ2v) is 15.0. The summed E-state index contributed by atoms with van der Waals surface area (Å²) in [6.45, 7) is 10.5. The Labute approximate surface area is 255 Å². The highest BCUT2D eigenvalue weighted by atomic mass is 28.4. The minimum Gasteiger partial charge on any atom is -0.374 e. The molecule has 0 aromatic carbocycles. The molecule has 4 heteroatoms. The molecule has 3 nitrogen and oxygen atoms in total. The molecule has 0 aliphatic heterocycles. The van der Waals surface area contributed by atoms with Gasteiger partial charge in [0.1, 0.15) is 0 Å². The molecule has 0 aliphatic rings. The van der Waals surface area contributed by atoms with Gasteiger partial charge in [-0.15, -0.1) is 0 Å². The molecule has 0 bridgehead atoms. The van der Waals surface area contributed by atoms with Crippen molar-refractivity contribution in [3.05, 3.63) is 0 Å². The van der Waals surface area contributed by atoms with Crippen molar-refractivity contribution in [1.29, 1.82) is 0 Å². The van der Waals surface area contributed by atoms with Gasteiger partial charge in [-0.2, -0.15) is 0 Å². The standard InChI is InChI=1S/C36H76O3Si/c1-5-9-10-11-12-13-14-15-16-17-18-19-20-21-22-23-24-25-26-27-28-29-30-31-32-33-34-35-36-40(37-6-2,38-7-3)39-8-4/h5-36H2,1-4H3. The molecule has 0 atom stereocenters. The van der Waals surface area contributed by atoms with E-state index in [1.54, 1.807) is 0 Å². The molecule has 40 heavy (non-hydrogen) atoms. The van der Waals surface area contributed by atoms with Crippen molar-refractivity contribution in [2.24, 2.45) is 0 Å². The quantitative estimate of drug-likeness (QED) is 0.0547. The van der Waals surface area contributed by atoms with Gasteiger partial charge in [0.25, 0.3) is 0 Å². The van der Waals surface area contributed by atoms with Crippen LogP contribution in [0.2, 0.25) is 6.04 Å². The van der Waals surface area contributed by atoms with Crippen LogP contribution in [0.25, 0.3) is 0 Å². The average Bonchev–Trinajstić information content (AvgIpc) is 2.95. The fourth-order valence-electron chi connectivity index (χ4n) is 6.01. The van der Waals surface area contributed by atoms with E-state index in [0.717, 1.165) is 6.04 Å². The molecule has 0 rings (SSSR count). The highest BCUT2D eigenvalue weighted by Crippen LogP contribution is 2.21. The zero-order valence-electron chi connectivity index (χ0n) is 28.4. The van der Waals surface area contributed by atoms with Crippen molar-refractivity contribution in [3.63, 3.8) is 0 Å². The van der Waals surface area contributed by atoms with Crippen LogP contribution in [0.15, 0.2) is 0 Å². The van der Waals surface area contributed by atoms with E-state index in [1.165, 1.54) is 180 Å². The van der Waals surface area contributed by atoms with Gasteiger partial charge in [-0.3, -0.25) is 0 Å². The molecule has 0 unspecified atom stereocenters. The van der Waals surface area contributed by atoms with Gasteiger partial charge in [-0.05, 0) is 27.2 Å². The molecule has 242 valence electrons. The molecule has 0 radical (unpaired) electrons. The van der Waals surface area contributed by atoms with Crippen molar-refractivity contribution >= 4 is 8.80 Å². The highest BCUT2D eigenvalue weighted by Gasteiger charge is 2.39. The number of hydrogen-bond acceptors (Lipinski definition) is 3. The van der Waals surface area contributed by atoms with Gasteiger partial charge in [0.15, 0.2) is 0 Å². The molecule has 0 saturated carbocycles. The molecule has 0 aromatic rings. The van der Waals surface area contributed by atoms with Crippen LogP contribution in [0, 0.1) is 0 Å². The van der Waals surface area contributed by atoms with Crippen LogP contribution < -0.4 is 0 Å². The first-order chi connectivity index (χ1) is 19.7. The van der Waals surface area contributed by atoms with Gasteiger partial charge in [0, 0.05) is 25.9 Å². The SMILES string of the molecule is CCCCCCCCCCCCCCCCCCCCCCCCCCCCCC[Si](OCC)(OCC)OCC. The summed E-state index contributed by atoms with van der Waals surface area (Å²) in [7, 11) is -2.42. The first kappa shape index (κ1) is 40.1. The van der Waals surface area contributed by atoms with Gasteiger partial charge < -0.3 is 13.3 Å². The molecule has 0 fully saturated rings. The van der Waals surface area contributed by atoms with E-state index in [0.29, 0.717) is 19.8 Å². The molecular weight excluding hydrogens is 508 g/mol. The molecule has 0 aliphatic carbocycles. The van der Waals surface area contributed by atoms with Crippen molar-refractivity contribution in [2.45, 2.75) is 214 Å². The van der Waals surface area contributed by atoms with Crippen LogP contribution in [0.1, 0.15) is 207 Å². The van der Waals surface area contributed by atoms with E-state index in [4.69, 9.17) is 13.3 Å². The summed E-state index contributed by atoms with van der Waals surface area (Å²) in [5.74, 6) is 0. The van der Waals surface area contributed by atoms with Crippen LogP contribution in [0.4, 0.5) is 0 Å². The highest BCUT2D eigenvalue weighted by molar-refractivity contribution is 6.60. The third-order valence-corrected chi connectivity index (χ3v) is 11.6. The Kier molecular flexibility index (Phi) is 33.7. The fourth-order valence-corrected chi connectivity index (χ4v) is 8.70. The van der Waals surface area contributed by atoms with Crippen LogP contribution in [-0.4, -0.2) is 28.6 Å². The largest absolute Gasteiger partial charge is 0.500 e. The van der Waals surface area contributed by atoms with E-state index < -0.39 is 8.80 Å². The van der Waals surface area contributed by atoms with Gasteiger partial charge in [0.2, 0.25) is 0 Å². The lowest BCUT2D eigenvalue weighted by atomic mass is 10.0. The Morgan fingerprint density at radius 1 is 0.275 bits per heavy atom. The minimum absolute atomic E-state index is 0.686. The van der Waals surface area contributed by atoms with E-state index in [2.05, 4.69) is 6.92 Å². The predicted octanol–water partition coefficient (Wildman–Crippen LogP) is 13.0. The Morgan fingerprint density at radius 3 is 0.675 bits per heavy atom. The van der Waals surface area contributed by atoms with Crippen LogP contribution in [0.5, 0.6) is 0 Å². The lowest BCUT2D eigenvalue weighted by Gasteiger charge is -2.28. The van der Waals surface area contributed by atoms with Crippen molar-refractivity contribution in [3.8, 4) is 0 Å². The predicted molar refractivity (Wildman–Crippen MR) is 180 cm³/mol. The summed E-state index contributed by atoms with van der Waals surface area (Å²) in [6.07, 6.45) is 40.2. The maximum atomic E-state index is 5.97. The molecule has 0 amide bonds.